The first-order chi connectivity index (χ1) is 9.67. The molecule has 0 spiro atoms. The Hall–Kier alpha value is -2.39. The number of carbonyl (C=O) groups is 1. The first-order valence-electron chi connectivity index (χ1n) is 5.71. The highest BCUT2D eigenvalue weighted by Crippen LogP contribution is 2.16. The van der Waals surface area contributed by atoms with Gasteiger partial charge in [0, 0.05) is 16.4 Å². The lowest BCUT2D eigenvalue weighted by Crippen LogP contribution is -2.20. The monoisotopic (exact) mass is 331 g/mol. The number of rotatable bonds is 4. The summed E-state index contributed by atoms with van der Waals surface area (Å²) in [5.74, 6) is 0.195. The molecule has 0 aliphatic rings. The van der Waals surface area contributed by atoms with Crippen molar-refractivity contribution in [3.63, 3.8) is 0 Å². The lowest BCUT2D eigenvalue weighted by Gasteiger charge is -2.07. The molecule has 1 aromatic carbocycles. The molecule has 0 bridgehead atoms. The Morgan fingerprint density at radius 3 is 3.00 bits per heavy atom. The van der Waals surface area contributed by atoms with E-state index in [1.54, 1.807) is 36.5 Å². The van der Waals surface area contributed by atoms with Crippen LogP contribution in [-0.4, -0.2) is 17.5 Å². The average Bonchev–Trinajstić information content (AvgIpc) is 2.45. The molecule has 0 aliphatic heterocycles. The van der Waals surface area contributed by atoms with E-state index in [2.05, 4.69) is 26.2 Å². The van der Waals surface area contributed by atoms with Crippen LogP contribution in [0.2, 0.25) is 0 Å². The lowest BCUT2D eigenvalue weighted by atomic mass is 10.2. The van der Waals surface area contributed by atoms with Crippen LogP contribution in [0.1, 0.15) is 5.56 Å². The normalized spacial score (nSPS) is 9.60. The SMILES string of the molecule is N#Cc1cccc(NC(=O)COc2cncc(Br)c2)c1. The van der Waals surface area contributed by atoms with Crippen LogP contribution < -0.4 is 10.1 Å². The number of ether oxygens (including phenoxy) is 1. The molecule has 2 aromatic rings. The lowest BCUT2D eigenvalue weighted by molar-refractivity contribution is -0.118. The third kappa shape index (κ3) is 4.07. The second kappa shape index (κ2) is 6.68. The fraction of sp³-hybridized carbons (Fsp3) is 0.0714. The standard InChI is InChI=1S/C14H10BrN3O2/c15-11-5-13(8-17-7-11)20-9-14(19)18-12-3-1-2-10(4-12)6-16/h1-5,7-8H,9H2,(H,18,19). The maximum Gasteiger partial charge on any atom is 0.262 e. The van der Waals surface area contributed by atoms with E-state index in [9.17, 15) is 4.79 Å². The van der Waals surface area contributed by atoms with E-state index in [0.717, 1.165) is 4.47 Å². The van der Waals surface area contributed by atoms with Crippen LogP contribution in [0.15, 0.2) is 47.2 Å². The number of anilines is 1. The van der Waals surface area contributed by atoms with Crippen LogP contribution in [0.4, 0.5) is 5.69 Å². The molecule has 1 N–H and O–H groups in total. The molecule has 0 fully saturated rings. The predicted molar refractivity (Wildman–Crippen MR) is 77.2 cm³/mol. The Labute approximate surface area is 124 Å². The zero-order valence-electron chi connectivity index (χ0n) is 10.3. The molecule has 100 valence electrons. The van der Waals surface area contributed by atoms with Gasteiger partial charge in [-0.25, -0.2) is 0 Å². The van der Waals surface area contributed by atoms with Crippen LogP contribution in [0.25, 0.3) is 0 Å². The zero-order chi connectivity index (χ0) is 14.4. The number of hydrogen-bond acceptors (Lipinski definition) is 4. The Morgan fingerprint density at radius 2 is 2.25 bits per heavy atom. The smallest absolute Gasteiger partial charge is 0.262 e. The largest absolute Gasteiger partial charge is 0.482 e. The van der Waals surface area contributed by atoms with Gasteiger partial charge in [0.25, 0.3) is 5.91 Å². The molecule has 2 rings (SSSR count). The highest BCUT2D eigenvalue weighted by molar-refractivity contribution is 9.10. The fourth-order valence-corrected chi connectivity index (χ4v) is 1.83. The fourth-order valence-electron chi connectivity index (χ4n) is 1.48. The third-order valence-corrected chi connectivity index (χ3v) is 2.76. The van der Waals surface area contributed by atoms with Gasteiger partial charge < -0.3 is 10.1 Å². The van der Waals surface area contributed by atoms with Crippen molar-refractivity contribution in [2.75, 3.05) is 11.9 Å². The minimum atomic E-state index is -0.305. The molecule has 0 aliphatic carbocycles. The van der Waals surface area contributed by atoms with Gasteiger partial charge in [-0.2, -0.15) is 5.26 Å². The quantitative estimate of drug-likeness (QED) is 0.934. The molecule has 5 nitrogen and oxygen atoms in total. The summed E-state index contributed by atoms with van der Waals surface area (Å²) in [5.41, 5.74) is 1.05. The molecule has 0 atom stereocenters. The summed E-state index contributed by atoms with van der Waals surface area (Å²) in [6, 6.07) is 10.4. The first-order valence-corrected chi connectivity index (χ1v) is 6.50. The number of benzene rings is 1. The Morgan fingerprint density at radius 1 is 1.40 bits per heavy atom. The highest BCUT2D eigenvalue weighted by Gasteiger charge is 2.05. The van der Waals surface area contributed by atoms with Gasteiger partial charge in [0.15, 0.2) is 6.61 Å². The average molecular weight is 332 g/mol. The number of halogens is 1. The maximum atomic E-state index is 11.7. The van der Waals surface area contributed by atoms with Crippen LogP contribution in [0.3, 0.4) is 0 Å². The first kappa shape index (κ1) is 14.0. The molecule has 0 saturated carbocycles. The van der Waals surface area contributed by atoms with Crippen molar-refractivity contribution in [2.45, 2.75) is 0 Å². The topological polar surface area (TPSA) is 75.0 Å². The minimum Gasteiger partial charge on any atom is -0.482 e. The van der Waals surface area contributed by atoms with Crippen LogP contribution >= 0.6 is 15.9 Å². The van der Waals surface area contributed by atoms with Gasteiger partial charge in [-0.1, -0.05) is 6.07 Å². The van der Waals surface area contributed by atoms with Gasteiger partial charge >= 0.3 is 0 Å². The van der Waals surface area contributed by atoms with Gasteiger partial charge in [0.2, 0.25) is 0 Å². The van der Waals surface area contributed by atoms with Gasteiger partial charge in [0.1, 0.15) is 5.75 Å². The summed E-state index contributed by atoms with van der Waals surface area (Å²) in [5, 5.41) is 11.4. The predicted octanol–water partition coefficient (Wildman–Crippen LogP) is 2.73. The number of nitriles is 1. The number of amides is 1. The Bertz CT molecular complexity index is 667. The number of hydrogen-bond donors (Lipinski definition) is 1. The molecule has 20 heavy (non-hydrogen) atoms. The Kier molecular flexibility index (Phi) is 4.69. The molecule has 6 heteroatoms. The number of pyridine rings is 1. The molecule has 0 unspecified atom stereocenters. The van der Waals surface area contributed by atoms with Crippen LogP contribution in [-0.2, 0) is 4.79 Å². The molecule has 1 aromatic heterocycles. The van der Waals surface area contributed by atoms with Crippen molar-refractivity contribution in [3.8, 4) is 11.8 Å². The number of nitrogens with zero attached hydrogens (tertiary/aromatic N) is 2. The number of carbonyl (C=O) groups excluding carboxylic acids is 1. The molecule has 0 saturated heterocycles. The second-order valence-corrected chi connectivity index (χ2v) is 4.78. The van der Waals surface area contributed by atoms with Gasteiger partial charge in [0.05, 0.1) is 17.8 Å². The maximum absolute atomic E-state index is 11.7. The van der Waals surface area contributed by atoms with Crippen LogP contribution in [0, 0.1) is 11.3 Å². The second-order valence-electron chi connectivity index (χ2n) is 3.87. The molecular formula is C14H10BrN3O2. The summed E-state index contributed by atoms with van der Waals surface area (Å²) >= 11 is 3.27. The van der Waals surface area contributed by atoms with Gasteiger partial charge in [-0.05, 0) is 40.2 Å². The van der Waals surface area contributed by atoms with E-state index in [0.29, 0.717) is 17.0 Å². The van der Waals surface area contributed by atoms with E-state index in [-0.39, 0.29) is 12.5 Å². The molecule has 1 heterocycles. The van der Waals surface area contributed by atoms with E-state index in [4.69, 9.17) is 10.00 Å². The highest BCUT2D eigenvalue weighted by atomic mass is 79.9. The van der Waals surface area contributed by atoms with Crippen molar-refractivity contribution >= 4 is 27.5 Å². The summed E-state index contributed by atoms with van der Waals surface area (Å²) in [4.78, 5) is 15.6. The van der Waals surface area contributed by atoms with E-state index in [1.807, 2.05) is 6.07 Å². The van der Waals surface area contributed by atoms with Crippen molar-refractivity contribution in [1.82, 2.24) is 4.98 Å². The van der Waals surface area contributed by atoms with Gasteiger partial charge in [-0.3, -0.25) is 9.78 Å². The van der Waals surface area contributed by atoms with E-state index in [1.165, 1.54) is 6.20 Å². The van der Waals surface area contributed by atoms with Crippen molar-refractivity contribution < 1.29 is 9.53 Å². The summed E-state index contributed by atoms with van der Waals surface area (Å²) in [6.45, 7) is -0.130. The number of nitrogens with one attached hydrogen (secondary N) is 1. The molecule has 0 radical (unpaired) electrons. The van der Waals surface area contributed by atoms with E-state index < -0.39 is 0 Å². The summed E-state index contributed by atoms with van der Waals surface area (Å²) < 4.78 is 6.08. The summed E-state index contributed by atoms with van der Waals surface area (Å²) in [7, 11) is 0. The minimum absolute atomic E-state index is 0.130. The van der Waals surface area contributed by atoms with Gasteiger partial charge in [-0.15, -0.1) is 0 Å². The van der Waals surface area contributed by atoms with Crippen LogP contribution in [0.5, 0.6) is 5.75 Å². The molecular weight excluding hydrogens is 322 g/mol. The summed E-state index contributed by atoms with van der Waals surface area (Å²) in [6.07, 6.45) is 3.15. The zero-order valence-corrected chi connectivity index (χ0v) is 11.9. The van der Waals surface area contributed by atoms with Crippen molar-refractivity contribution in [3.05, 3.63) is 52.8 Å². The van der Waals surface area contributed by atoms with Crippen molar-refractivity contribution in [2.24, 2.45) is 0 Å². The number of aromatic nitrogens is 1. The molecule has 1 amide bonds. The van der Waals surface area contributed by atoms with E-state index >= 15 is 0 Å². The Balaban J connectivity index is 1.91. The van der Waals surface area contributed by atoms with Crippen molar-refractivity contribution in [1.29, 1.82) is 5.26 Å². The third-order valence-electron chi connectivity index (χ3n) is 2.33.